The second-order valence-electron chi connectivity index (χ2n) is 22.3. The van der Waals surface area contributed by atoms with Crippen LogP contribution in [0.15, 0.2) is 121 Å². The molecule has 0 aliphatic carbocycles. The van der Waals surface area contributed by atoms with E-state index >= 15 is 0 Å². The lowest BCUT2D eigenvalue weighted by Gasteiger charge is -2.19. The fourth-order valence-electron chi connectivity index (χ4n) is 9.10. The van der Waals surface area contributed by atoms with Crippen molar-refractivity contribution in [2.45, 2.75) is 105 Å². The highest BCUT2D eigenvalue weighted by molar-refractivity contribution is 9.18. The third-order valence-electron chi connectivity index (χ3n) is 13.2. The number of fused-ring (bicyclic) bond motifs is 8. The largest absolute Gasteiger partial charge is 0.354 e. The summed E-state index contributed by atoms with van der Waals surface area (Å²) >= 11 is 16.5. The van der Waals surface area contributed by atoms with E-state index in [0.717, 1.165) is 107 Å². The second-order valence-corrected chi connectivity index (χ2v) is 25.4. The molecule has 0 atom stereocenters. The van der Waals surface area contributed by atoms with Crippen molar-refractivity contribution in [3.05, 3.63) is 166 Å². The number of nitrogens with zero attached hydrogens (tertiary/aromatic N) is 2. The number of aromatic nitrogens is 4. The summed E-state index contributed by atoms with van der Waals surface area (Å²) in [6.45, 7) is 27.0. The van der Waals surface area contributed by atoms with Crippen LogP contribution in [0.3, 0.4) is 0 Å². The van der Waals surface area contributed by atoms with Crippen molar-refractivity contribution >= 4 is 104 Å². The van der Waals surface area contributed by atoms with Crippen LogP contribution in [0.5, 0.6) is 0 Å². The zero-order valence-electron chi connectivity index (χ0n) is 41.0. The Morgan fingerprint density at radius 3 is 0.618 bits per heavy atom. The molecule has 4 nitrogen and oxygen atoms in total. The topological polar surface area (TPSA) is 57.4 Å². The Kier molecular flexibility index (Phi) is 12.6. The summed E-state index contributed by atoms with van der Waals surface area (Å²) in [4.78, 5) is 19.3. The highest BCUT2D eigenvalue weighted by Gasteiger charge is 2.29. The summed E-state index contributed by atoms with van der Waals surface area (Å²) in [5.74, 6) is 0. The van der Waals surface area contributed by atoms with E-state index in [1.165, 1.54) is 22.3 Å². The predicted molar refractivity (Wildman–Crippen MR) is 307 cm³/mol. The molecular weight excluding hydrogens is 1100 g/mol. The van der Waals surface area contributed by atoms with Crippen LogP contribution in [-0.4, -0.2) is 19.9 Å². The molecule has 4 aromatic carbocycles. The Balaban J connectivity index is 1.49. The van der Waals surface area contributed by atoms with Crippen LogP contribution in [0.2, 0.25) is 0 Å². The third kappa shape index (κ3) is 9.04. The second kappa shape index (κ2) is 17.7. The molecule has 8 bridgehead atoms. The van der Waals surface area contributed by atoms with Crippen molar-refractivity contribution in [2.75, 3.05) is 0 Å². The number of benzene rings is 4. The molecule has 7 aromatic rings. The molecule has 0 saturated heterocycles. The molecule has 5 heterocycles. The summed E-state index contributed by atoms with van der Waals surface area (Å²) < 4.78 is 3.50. The molecule has 346 valence electrons. The fourth-order valence-corrected chi connectivity index (χ4v) is 11.0. The van der Waals surface area contributed by atoms with Gasteiger partial charge in [0.15, 0.2) is 0 Å². The number of rotatable bonds is 4. The van der Waals surface area contributed by atoms with Crippen LogP contribution in [0.4, 0.5) is 0 Å². The van der Waals surface area contributed by atoms with Gasteiger partial charge in [0.05, 0.1) is 40.7 Å². The van der Waals surface area contributed by atoms with Crippen LogP contribution in [-0.2, 0) is 21.7 Å². The van der Waals surface area contributed by atoms with Gasteiger partial charge in [-0.3, -0.25) is 0 Å². The highest BCUT2D eigenvalue weighted by Crippen LogP contribution is 2.50. The van der Waals surface area contributed by atoms with Gasteiger partial charge < -0.3 is 9.97 Å². The summed E-state index contributed by atoms with van der Waals surface area (Å²) in [7, 11) is 0. The van der Waals surface area contributed by atoms with Crippen LogP contribution in [0.25, 0.3) is 84.5 Å². The van der Waals surface area contributed by atoms with Gasteiger partial charge in [-0.1, -0.05) is 180 Å². The Morgan fingerprint density at radius 1 is 0.279 bits per heavy atom. The fraction of sp³-hybridized carbons (Fsp3) is 0.267. The van der Waals surface area contributed by atoms with Crippen molar-refractivity contribution in [2.24, 2.45) is 0 Å². The van der Waals surface area contributed by atoms with Gasteiger partial charge in [-0.05, 0) is 154 Å². The molecule has 0 spiro atoms. The molecular formula is C60H58Br4N4. The Labute approximate surface area is 435 Å². The van der Waals surface area contributed by atoms with Gasteiger partial charge in [-0.2, -0.15) is 0 Å². The van der Waals surface area contributed by atoms with Crippen LogP contribution < -0.4 is 0 Å². The smallest absolute Gasteiger partial charge is 0.0891 e. The summed E-state index contributed by atoms with van der Waals surface area (Å²) in [6, 6.07) is 44.6. The number of aromatic amines is 2. The number of nitrogens with one attached hydrogen (secondary N) is 2. The van der Waals surface area contributed by atoms with E-state index in [-0.39, 0.29) is 21.7 Å². The van der Waals surface area contributed by atoms with Crippen LogP contribution in [0.1, 0.15) is 128 Å². The maximum Gasteiger partial charge on any atom is 0.0891 e. The molecule has 2 N–H and O–H groups in total. The summed E-state index contributed by atoms with van der Waals surface area (Å²) in [5, 5.41) is 0. The van der Waals surface area contributed by atoms with E-state index in [4.69, 9.17) is 9.97 Å². The number of hydrogen-bond donors (Lipinski definition) is 2. The van der Waals surface area contributed by atoms with Crippen molar-refractivity contribution in [3.63, 3.8) is 0 Å². The molecule has 8 heteroatoms. The van der Waals surface area contributed by atoms with E-state index in [9.17, 15) is 0 Å². The van der Waals surface area contributed by atoms with Crippen molar-refractivity contribution in [3.8, 4) is 44.5 Å². The Morgan fingerprint density at radius 2 is 0.456 bits per heavy atom. The summed E-state index contributed by atoms with van der Waals surface area (Å²) in [5.41, 5.74) is 20.2. The number of H-pyrrole nitrogens is 2. The van der Waals surface area contributed by atoms with Gasteiger partial charge in [0, 0.05) is 44.3 Å². The first-order chi connectivity index (χ1) is 31.9. The maximum absolute atomic E-state index is 5.67. The molecule has 2 aliphatic rings. The maximum atomic E-state index is 5.67. The third-order valence-corrected chi connectivity index (χ3v) is 17.4. The van der Waals surface area contributed by atoms with E-state index in [0.29, 0.717) is 0 Å². The van der Waals surface area contributed by atoms with Crippen molar-refractivity contribution in [1.29, 1.82) is 0 Å². The molecule has 0 radical (unpaired) electrons. The van der Waals surface area contributed by atoms with Gasteiger partial charge in [-0.25, -0.2) is 9.97 Å². The van der Waals surface area contributed by atoms with Crippen LogP contribution >= 0.6 is 63.7 Å². The van der Waals surface area contributed by atoms with E-state index in [2.05, 4.69) is 278 Å². The normalized spacial score (nSPS) is 13.8. The lowest BCUT2D eigenvalue weighted by molar-refractivity contribution is 0.590. The van der Waals surface area contributed by atoms with E-state index < -0.39 is 0 Å². The quantitative estimate of drug-likeness (QED) is 0.185. The van der Waals surface area contributed by atoms with Gasteiger partial charge in [0.1, 0.15) is 0 Å². The molecule has 2 aliphatic heterocycles. The summed E-state index contributed by atoms with van der Waals surface area (Å²) in [6.07, 6.45) is 0. The van der Waals surface area contributed by atoms with Gasteiger partial charge in [0.25, 0.3) is 0 Å². The molecule has 3 aromatic heterocycles. The zero-order chi connectivity index (χ0) is 48.8. The van der Waals surface area contributed by atoms with E-state index in [1.54, 1.807) is 0 Å². The molecule has 0 saturated carbocycles. The lowest BCUT2D eigenvalue weighted by atomic mass is 9.86. The lowest BCUT2D eigenvalue weighted by Crippen LogP contribution is -2.10. The molecule has 9 rings (SSSR count). The Bertz CT molecular complexity index is 2910. The number of halogens is 4. The molecule has 0 fully saturated rings. The minimum absolute atomic E-state index is 0.00740. The van der Waals surface area contributed by atoms with Gasteiger partial charge in [0.2, 0.25) is 0 Å². The van der Waals surface area contributed by atoms with E-state index in [1.807, 2.05) is 0 Å². The van der Waals surface area contributed by atoms with Crippen LogP contribution in [0, 0.1) is 0 Å². The van der Waals surface area contributed by atoms with Gasteiger partial charge in [-0.15, -0.1) is 0 Å². The predicted octanol–water partition coefficient (Wildman–Crippen LogP) is 19.4. The van der Waals surface area contributed by atoms with Gasteiger partial charge >= 0.3 is 0 Å². The SMILES string of the molecule is CC(C)(C)c1ccc(-c2c3nc(c(-c4ccc(C(C)(C)C)cc4)c4ccc([nH]4)c(-c4ccc(C(C)(C)C)cc4)c4nc(c(-c5ccc(C(C)(C)C)cc5)c5ccc2[nH]5)C(Br)=C4Br)C(Br)=C3Br)cc1. The molecule has 68 heavy (non-hydrogen) atoms. The Hall–Kier alpha value is -4.60. The first-order valence-corrected chi connectivity index (χ1v) is 26.4. The first-order valence-electron chi connectivity index (χ1n) is 23.3. The van der Waals surface area contributed by atoms with Crippen molar-refractivity contribution in [1.82, 2.24) is 19.9 Å². The average Bonchev–Trinajstić information content (AvgIpc) is 4.07. The molecule has 0 unspecified atom stereocenters. The minimum atomic E-state index is -0.00740. The monoisotopic (exact) mass is 1150 g/mol. The standard InChI is InChI=1S/C60H58Br4N4/c1-57(2,3)37-21-13-33(14-22-37)45-41-29-30-42(65-41)46(34-15-23-38(24-16-34)58(4,5)6)55-51(63)52(64)56(68-55)48(36-19-27-40(28-20-36)60(10,11)12)44-32-31-43(66-44)47(54-50(62)49(61)53(45)67-54)35-17-25-39(26-18-35)59(7,8)9/h13-32,65-66H,1-12H3. The highest BCUT2D eigenvalue weighted by atomic mass is 79.9. The first kappa shape index (κ1) is 48.4. The van der Waals surface area contributed by atoms with Crippen molar-refractivity contribution < 1.29 is 0 Å². The average molecular weight is 1150 g/mol. The zero-order valence-corrected chi connectivity index (χ0v) is 47.3. The molecule has 0 amide bonds. The number of hydrogen-bond acceptors (Lipinski definition) is 2. The minimum Gasteiger partial charge on any atom is -0.354 e.